The van der Waals surface area contributed by atoms with Gasteiger partial charge in [0.05, 0.1) is 11.6 Å². The summed E-state index contributed by atoms with van der Waals surface area (Å²) in [6.07, 6.45) is 1.90. The van der Waals surface area contributed by atoms with Crippen LogP contribution in [0.15, 0.2) is 54.6 Å². The van der Waals surface area contributed by atoms with Crippen LogP contribution in [0.4, 0.5) is 5.69 Å². The lowest BCUT2D eigenvalue weighted by Crippen LogP contribution is -2.29. The van der Waals surface area contributed by atoms with Crippen molar-refractivity contribution < 1.29 is 14.3 Å². The summed E-state index contributed by atoms with van der Waals surface area (Å²) >= 11 is 0. The maximum absolute atomic E-state index is 12.3. The van der Waals surface area contributed by atoms with Crippen molar-refractivity contribution >= 4 is 23.6 Å². The number of nitriles is 1. The summed E-state index contributed by atoms with van der Waals surface area (Å²) < 4.78 is 5.16. The number of nitrogens with one attached hydrogen (secondary N) is 1. The SMILES string of the molecule is CC(C)c1ccccc1NC(=O)[C@@H](C)OC(=O)/C=C/c1ccc(C#N)cc1. The number of anilines is 1. The van der Waals surface area contributed by atoms with Gasteiger partial charge in [-0.05, 0) is 48.2 Å². The number of hydrogen-bond acceptors (Lipinski definition) is 4. The van der Waals surface area contributed by atoms with Crippen molar-refractivity contribution in [3.05, 3.63) is 71.3 Å². The number of hydrogen-bond donors (Lipinski definition) is 1. The van der Waals surface area contributed by atoms with E-state index in [1.807, 2.05) is 44.2 Å². The van der Waals surface area contributed by atoms with Gasteiger partial charge in [-0.25, -0.2) is 4.79 Å². The highest BCUT2D eigenvalue weighted by Gasteiger charge is 2.18. The Morgan fingerprint density at radius 1 is 1.07 bits per heavy atom. The minimum atomic E-state index is -0.927. The zero-order valence-corrected chi connectivity index (χ0v) is 15.6. The van der Waals surface area contributed by atoms with E-state index >= 15 is 0 Å². The van der Waals surface area contributed by atoms with Gasteiger partial charge in [-0.3, -0.25) is 4.79 Å². The Bertz CT molecular complexity index is 877. The van der Waals surface area contributed by atoms with Gasteiger partial charge in [0.25, 0.3) is 5.91 Å². The van der Waals surface area contributed by atoms with Crippen LogP contribution in [0.5, 0.6) is 0 Å². The van der Waals surface area contributed by atoms with E-state index in [-0.39, 0.29) is 11.8 Å². The highest BCUT2D eigenvalue weighted by Crippen LogP contribution is 2.23. The molecule has 0 saturated heterocycles. The highest BCUT2D eigenvalue weighted by molar-refractivity contribution is 5.97. The standard InChI is InChI=1S/C22H22N2O3/c1-15(2)19-6-4-5-7-20(19)24-22(26)16(3)27-21(25)13-12-17-8-10-18(14-23)11-9-17/h4-13,15-16H,1-3H3,(H,24,26)/b13-12+/t16-/m1/s1. The fourth-order valence-electron chi connectivity index (χ4n) is 2.45. The Morgan fingerprint density at radius 3 is 2.37 bits per heavy atom. The molecule has 0 bridgehead atoms. The number of benzene rings is 2. The van der Waals surface area contributed by atoms with Crippen LogP contribution in [-0.2, 0) is 14.3 Å². The summed E-state index contributed by atoms with van der Waals surface area (Å²) in [5, 5.41) is 11.6. The van der Waals surface area contributed by atoms with Gasteiger partial charge in [-0.15, -0.1) is 0 Å². The number of para-hydroxylation sites is 1. The van der Waals surface area contributed by atoms with E-state index in [4.69, 9.17) is 10.00 Å². The van der Waals surface area contributed by atoms with E-state index in [0.717, 1.165) is 11.1 Å². The Kier molecular flexibility index (Phi) is 6.90. The van der Waals surface area contributed by atoms with Crippen LogP contribution < -0.4 is 5.32 Å². The Hall–Kier alpha value is -3.39. The molecule has 0 fully saturated rings. The number of rotatable bonds is 6. The van der Waals surface area contributed by atoms with Crippen molar-refractivity contribution in [3.63, 3.8) is 0 Å². The van der Waals surface area contributed by atoms with Gasteiger partial charge in [-0.1, -0.05) is 44.2 Å². The van der Waals surface area contributed by atoms with Gasteiger partial charge in [0, 0.05) is 11.8 Å². The Balaban J connectivity index is 1.94. The molecule has 2 rings (SSSR count). The van der Waals surface area contributed by atoms with Crippen LogP contribution in [0, 0.1) is 11.3 Å². The summed E-state index contributed by atoms with van der Waals surface area (Å²) in [5.74, 6) is -0.739. The summed E-state index contributed by atoms with van der Waals surface area (Å²) in [6, 6.07) is 16.3. The summed E-state index contributed by atoms with van der Waals surface area (Å²) in [6.45, 7) is 5.62. The minimum absolute atomic E-state index is 0.259. The fraction of sp³-hybridized carbons (Fsp3) is 0.227. The molecular formula is C22H22N2O3. The minimum Gasteiger partial charge on any atom is -0.449 e. The monoisotopic (exact) mass is 362 g/mol. The van der Waals surface area contributed by atoms with Crippen molar-refractivity contribution in [1.29, 1.82) is 5.26 Å². The first-order chi connectivity index (χ1) is 12.9. The first-order valence-corrected chi connectivity index (χ1v) is 8.69. The molecule has 0 saturated carbocycles. The zero-order valence-electron chi connectivity index (χ0n) is 15.6. The molecule has 1 atom stereocenters. The lowest BCUT2D eigenvalue weighted by molar-refractivity contribution is -0.148. The molecule has 27 heavy (non-hydrogen) atoms. The first-order valence-electron chi connectivity index (χ1n) is 8.69. The summed E-state index contributed by atoms with van der Waals surface area (Å²) in [5.41, 5.74) is 3.04. The van der Waals surface area contributed by atoms with Gasteiger partial charge >= 0.3 is 5.97 Å². The molecule has 0 spiro atoms. The second-order valence-electron chi connectivity index (χ2n) is 6.38. The van der Waals surface area contributed by atoms with Crippen molar-refractivity contribution in [1.82, 2.24) is 0 Å². The lowest BCUT2D eigenvalue weighted by atomic mass is 10.0. The first kappa shape index (κ1) is 19.9. The average molecular weight is 362 g/mol. The van der Waals surface area contributed by atoms with E-state index < -0.39 is 12.1 Å². The number of carbonyl (C=O) groups is 2. The van der Waals surface area contributed by atoms with Gasteiger partial charge in [0.2, 0.25) is 0 Å². The Labute approximate surface area is 159 Å². The number of amides is 1. The van der Waals surface area contributed by atoms with Crippen molar-refractivity contribution in [3.8, 4) is 6.07 Å². The third-order valence-electron chi connectivity index (χ3n) is 3.95. The molecule has 0 aliphatic heterocycles. The van der Waals surface area contributed by atoms with Crippen LogP contribution in [0.3, 0.4) is 0 Å². The molecule has 0 aliphatic rings. The van der Waals surface area contributed by atoms with Crippen LogP contribution in [0.1, 0.15) is 43.4 Å². The molecule has 0 aromatic heterocycles. The average Bonchev–Trinajstić information content (AvgIpc) is 2.67. The summed E-state index contributed by atoms with van der Waals surface area (Å²) in [7, 11) is 0. The van der Waals surface area contributed by atoms with Crippen molar-refractivity contribution in [2.45, 2.75) is 32.8 Å². The van der Waals surface area contributed by atoms with E-state index in [9.17, 15) is 9.59 Å². The third kappa shape index (κ3) is 5.82. The molecule has 0 unspecified atom stereocenters. The normalized spacial score (nSPS) is 11.8. The zero-order chi connectivity index (χ0) is 19.8. The Morgan fingerprint density at radius 2 is 1.74 bits per heavy atom. The topological polar surface area (TPSA) is 79.2 Å². The molecule has 5 nitrogen and oxygen atoms in total. The molecule has 0 aliphatic carbocycles. The van der Waals surface area contributed by atoms with Crippen LogP contribution >= 0.6 is 0 Å². The molecule has 5 heteroatoms. The third-order valence-corrected chi connectivity index (χ3v) is 3.95. The fourth-order valence-corrected chi connectivity index (χ4v) is 2.45. The van der Waals surface area contributed by atoms with E-state index in [1.54, 1.807) is 30.3 Å². The molecule has 138 valence electrons. The van der Waals surface area contributed by atoms with Crippen LogP contribution in [0.25, 0.3) is 6.08 Å². The van der Waals surface area contributed by atoms with Crippen molar-refractivity contribution in [2.24, 2.45) is 0 Å². The molecular weight excluding hydrogens is 340 g/mol. The quantitative estimate of drug-likeness (QED) is 0.615. The largest absolute Gasteiger partial charge is 0.449 e. The van der Waals surface area contributed by atoms with Crippen LogP contribution in [-0.4, -0.2) is 18.0 Å². The maximum Gasteiger partial charge on any atom is 0.331 e. The number of nitrogens with zero attached hydrogens (tertiary/aromatic N) is 1. The molecule has 0 radical (unpaired) electrons. The van der Waals surface area contributed by atoms with Gasteiger partial charge < -0.3 is 10.1 Å². The highest BCUT2D eigenvalue weighted by atomic mass is 16.5. The van der Waals surface area contributed by atoms with Gasteiger partial charge in [0.1, 0.15) is 0 Å². The second kappa shape index (κ2) is 9.35. The summed E-state index contributed by atoms with van der Waals surface area (Å²) in [4.78, 5) is 24.3. The van der Waals surface area contributed by atoms with Crippen molar-refractivity contribution in [2.75, 3.05) is 5.32 Å². The second-order valence-corrected chi connectivity index (χ2v) is 6.38. The number of ether oxygens (including phenoxy) is 1. The molecule has 1 N–H and O–H groups in total. The number of carbonyl (C=O) groups excluding carboxylic acids is 2. The number of esters is 1. The van der Waals surface area contributed by atoms with E-state index in [1.165, 1.54) is 13.0 Å². The molecule has 2 aromatic carbocycles. The van der Waals surface area contributed by atoms with Gasteiger partial charge in [-0.2, -0.15) is 5.26 Å². The van der Waals surface area contributed by atoms with E-state index in [0.29, 0.717) is 11.3 Å². The molecule has 2 aromatic rings. The predicted molar refractivity (Wildman–Crippen MR) is 105 cm³/mol. The maximum atomic E-state index is 12.3. The predicted octanol–water partition coefficient (Wildman–Crippen LogP) is 4.27. The van der Waals surface area contributed by atoms with Crippen LogP contribution in [0.2, 0.25) is 0 Å². The van der Waals surface area contributed by atoms with E-state index in [2.05, 4.69) is 5.32 Å². The van der Waals surface area contributed by atoms with Gasteiger partial charge in [0.15, 0.2) is 6.10 Å². The smallest absolute Gasteiger partial charge is 0.331 e. The lowest BCUT2D eigenvalue weighted by Gasteiger charge is -2.16. The molecule has 1 amide bonds. The molecule has 0 heterocycles.